The van der Waals surface area contributed by atoms with Crippen LogP contribution >= 0.6 is 24.0 Å². The molecule has 1 unspecified atom stereocenters. The molecule has 1 atom stereocenters. The number of ether oxygens (including phenoxy) is 1. The molecule has 158 valence electrons. The largest absolute Gasteiger partial charge is 0.450 e. The Hall–Kier alpha value is -0.770. The summed E-state index contributed by atoms with van der Waals surface area (Å²) in [5.74, 6) is 1.46. The van der Waals surface area contributed by atoms with Crippen molar-refractivity contribution in [2.24, 2.45) is 10.9 Å². The Bertz CT molecular complexity index is 449. The number of amides is 1. The molecule has 0 bridgehead atoms. The molecule has 0 aromatic carbocycles. The predicted molar refractivity (Wildman–Crippen MR) is 121 cm³/mol. The molecule has 0 aromatic rings. The molecule has 27 heavy (non-hydrogen) atoms. The van der Waals surface area contributed by atoms with Crippen molar-refractivity contribution in [3.05, 3.63) is 0 Å². The van der Waals surface area contributed by atoms with Crippen molar-refractivity contribution in [2.75, 3.05) is 52.9 Å². The number of piperidine rings is 2. The number of nitrogens with zero attached hydrogens (tertiary/aromatic N) is 3. The van der Waals surface area contributed by atoms with E-state index in [4.69, 9.17) is 4.74 Å². The van der Waals surface area contributed by atoms with Crippen molar-refractivity contribution < 1.29 is 9.53 Å². The Morgan fingerprint density at radius 1 is 1.19 bits per heavy atom. The smallest absolute Gasteiger partial charge is 0.409 e. The molecular formula is C19H38IN5O2. The van der Waals surface area contributed by atoms with Gasteiger partial charge in [0.25, 0.3) is 0 Å². The number of rotatable bonds is 6. The van der Waals surface area contributed by atoms with E-state index < -0.39 is 0 Å². The molecule has 7 nitrogen and oxygen atoms in total. The van der Waals surface area contributed by atoms with Crippen LogP contribution < -0.4 is 10.6 Å². The number of halogens is 1. The summed E-state index contributed by atoms with van der Waals surface area (Å²) in [7, 11) is 1.82. The number of hydrogen-bond acceptors (Lipinski definition) is 4. The van der Waals surface area contributed by atoms with Gasteiger partial charge in [0.05, 0.1) is 6.61 Å². The molecular weight excluding hydrogens is 457 g/mol. The summed E-state index contributed by atoms with van der Waals surface area (Å²) < 4.78 is 5.07. The van der Waals surface area contributed by atoms with E-state index in [1.54, 1.807) is 4.90 Å². The molecule has 0 spiro atoms. The van der Waals surface area contributed by atoms with Gasteiger partial charge in [-0.2, -0.15) is 0 Å². The van der Waals surface area contributed by atoms with Crippen molar-refractivity contribution >= 4 is 36.0 Å². The fourth-order valence-corrected chi connectivity index (χ4v) is 3.73. The highest BCUT2D eigenvalue weighted by molar-refractivity contribution is 14.0. The van der Waals surface area contributed by atoms with Gasteiger partial charge in [-0.05, 0) is 51.6 Å². The second-order valence-corrected chi connectivity index (χ2v) is 7.52. The van der Waals surface area contributed by atoms with Crippen LogP contribution in [0.5, 0.6) is 0 Å². The number of aliphatic imine (C=N–C) groups is 1. The Morgan fingerprint density at radius 2 is 1.85 bits per heavy atom. The fourth-order valence-electron chi connectivity index (χ4n) is 3.73. The number of hydrogen-bond donors (Lipinski definition) is 2. The standard InChI is InChI=1S/C19H37N5O2.HI/c1-4-26-19(25)24-12-8-17(9-13-24)22-18(20-3)21-14-16(2)15-23-10-6-5-7-11-23;/h16-17H,4-15H2,1-3H3,(H2,20,21,22);1H. The van der Waals surface area contributed by atoms with Gasteiger partial charge in [-0.25, -0.2) is 4.79 Å². The first-order valence-corrected chi connectivity index (χ1v) is 10.2. The molecule has 1 amide bonds. The van der Waals surface area contributed by atoms with Crippen LogP contribution in [0.15, 0.2) is 4.99 Å². The molecule has 2 rings (SSSR count). The molecule has 2 N–H and O–H groups in total. The van der Waals surface area contributed by atoms with Crippen LogP contribution in [-0.4, -0.2) is 80.8 Å². The van der Waals surface area contributed by atoms with E-state index in [9.17, 15) is 4.79 Å². The summed E-state index contributed by atoms with van der Waals surface area (Å²) in [5.41, 5.74) is 0. The molecule has 0 aromatic heterocycles. The molecule has 2 aliphatic heterocycles. The van der Waals surface area contributed by atoms with Gasteiger partial charge >= 0.3 is 6.09 Å². The van der Waals surface area contributed by atoms with E-state index in [0.29, 0.717) is 18.6 Å². The maximum absolute atomic E-state index is 11.8. The minimum atomic E-state index is -0.194. The average molecular weight is 495 g/mol. The van der Waals surface area contributed by atoms with Crippen LogP contribution in [0.1, 0.15) is 46.0 Å². The van der Waals surface area contributed by atoms with Crippen LogP contribution in [0.2, 0.25) is 0 Å². The third kappa shape index (κ3) is 8.85. The second kappa shape index (κ2) is 13.4. The van der Waals surface area contributed by atoms with E-state index in [0.717, 1.165) is 45.0 Å². The Kier molecular flexibility index (Phi) is 12.1. The first kappa shape index (κ1) is 24.3. The van der Waals surface area contributed by atoms with Crippen molar-refractivity contribution in [2.45, 2.75) is 52.0 Å². The van der Waals surface area contributed by atoms with Gasteiger partial charge < -0.3 is 25.2 Å². The SMILES string of the molecule is CCOC(=O)N1CCC(NC(=NC)NCC(C)CN2CCCCC2)CC1.I. The van der Waals surface area contributed by atoms with Crippen LogP contribution in [-0.2, 0) is 4.74 Å². The summed E-state index contributed by atoms with van der Waals surface area (Å²) in [5, 5.41) is 6.97. The monoisotopic (exact) mass is 495 g/mol. The normalized spacial score (nSPS) is 20.6. The molecule has 0 radical (unpaired) electrons. The number of carbonyl (C=O) groups excluding carboxylic acids is 1. The quantitative estimate of drug-likeness (QED) is 0.337. The van der Waals surface area contributed by atoms with Gasteiger partial charge in [0.1, 0.15) is 0 Å². The molecule has 2 fully saturated rings. The maximum Gasteiger partial charge on any atom is 0.409 e. The second-order valence-electron chi connectivity index (χ2n) is 7.52. The van der Waals surface area contributed by atoms with Gasteiger partial charge in [0, 0.05) is 39.3 Å². The van der Waals surface area contributed by atoms with Crippen molar-refractivity contribution in [1.82, 2.24) is 20.4 Å². The summed E-state index contributed by atoms with van der Waals surface area (Å²) in [6.45, 7) is 10.6. The Labute approximate surface area is 181 Å². The molecule has 8 heteroatoms. The first-order valence-electron chi connectivity index (χ1n) is 10.2. The topological polar surface area (TPSA) is 69.2 Å². The van der Waals surface area contributed by atoms with Gasteiger partial charge in [0.15, 0.2) is 5.96 Å². The van der Waals surface area contributed by atoms with Crippen LogP contribution in [0.3, 0.4) is 0 Å². The van der Waals surface area contributed by atoms with Crippen LogP contribution in [0.4, 0.5) is 4.79 Å². The van der Waals surface area contributed by atoms with E-state index in [1.165, 1.54) is 32.4 Å². The zero-order valence-corrected chi connectivity index (χ0v) is 19.5. The van der Waals surface area contributed by atoms with Gasteiger partial charge in [0.2, 0.25) is 0 Å². The average Bonchev–Trinajstić information content (AvgIpc) is 2.66. The predicted octanol–water partition coefficient (Wildman–Crippen LogP) is 2.51. The molecule has 0 aliphatic carbocycles. The lowest BCUT2D eigenvalue weighted by atomic mass is 10.1. The summed E-state index contributed by atoms with van der Waals surface area (Å²) >= 11 is 0. The molecule has 0 saturated carbocycles. The van der Waals surface area contributed by atoms with E-state index in [1.807, 2.05) is 14.0 Å². The van der Waals surface area contributed by atoms with Crippen LogP contribution in [0.25, 0.3) is 0 Å². The Morgan fingerprint density at radius 3 is 2.44 bits per heavy atom. The van der Waals surface area contributed by atoms with Crippen molar-refractivity contribution in [3.8, 4) is 0 Å². The van der Waals surface area contributed by atoms with E-state index >= 15 is 0 Å². The zero-order chi connectivity index (χ0) is 18.8. The number of nitrogens with one attached hydrogen (secondary N) is 2. The molecule has 2 aliphatic rings. The lowest BCUT2D eigenvalue weighted by Gasteiger charge is -2.33. The number of carbonyl (C=O) groups is 1. The lowest BCUT2D eigenvalue weighted by Crippen LogP contribution is -2.50. The van der Waals surface area contributed by atoms with Crippen molar-refractivity contribution in [1.29, 1.82) is 0 Å². The summed E-state index contributed by atoms with van der Waals surface area (Å²) in [6.07, 6.45) is 5.71. The minimum absolute atomic E-state index is 0. The lowest BCUT2D eigenvalue weighted by molar-refractivity contribution is 0.0963. The highest BCUT2D eigenvalue weighted by Crippen LogP contribution is 2.12. The van der Waals surface area contributed by atoms with E-state index in [-0.39, 0.29) is 30.1 Å². The fraction of sp³-hybridized carbons (Fsp3) is 0.895. The third-order valence-electron chi connectivity index (χ3n) is 5.22. The maximum atomic E-state index is 11.8. The molecule has 2 saturated heterocycles. The van der Waals surface area contributed by atoms with E-state index in [2.05, 4.69) is 27.4 Å². The first-order chi connectivity index (χ1) is 12.6. The zero-order valence-electron chi connectivity index (χ0n) is 17.2. The number of guanidine groups is 1. The van der Waals surface area contributed by atoms with Gasteiger partial charge in [-0.3, -0.25) is 4.99 Å². The highest BCUT2D eigenvalue weighted by Gasteiger charge is 2.24. The van der Waals surface area contributed by atoms with Gasteiger partial charge in [-0.15, -0.1) is 24.0 Å². The number of likely N-dealkylation sites (tertiary alicyclic amines) is 2. The minimum Gasteiger partial charge on any atom is -0.450 e. The van der Waals surface area contributed by atoms with Crippen LogP contribution in [0, 0.1) is 5.92 Å². The molecule has 2 heterocycles. The highest BCUT2D eigenvalue weighted by atomic mass is 127. The van der Waals surface area contributed by atoms with Crippen molar-refractivity contribution in [3.63, 3.8) is 0 Å². The summed E-state index contributed by atoms with van der Waals surface area (Å²) in [6, 6.07) is 0.351. The third-order valence-corrected chi connectivity index (χ3v) is 5.22. The Balaban J connectivity index is 0.00000364. The summed E-state index contributed by atoms with van der Waals surface area (Å²) in [4.78, 5) is 20.5. The van der Waals surface area contributed by atoms with Gasteiger partial charge in [-0.1, -0.05) is 13.3 Å².